The van der Waals surface area contributed by atoms with Crippen molar-refractivity contribution in [3.8, 4) is 0 Å². The van der Waals surface area contributed by atoms with E-state index in [1.807, 2.05) is 44.2 Å². The number of amides is 1. The third kappa shape index (κ3) is 3.26. The minimum atomic E-state index is -0.380. The largest absolute Gasteiger partial charge is 0.289 e. The molecule has 0 aliphatic heterocycles. The van der Waals surface area contributed by atoms with Crippen molar-refractivity contribution in [2.75, 3.05) is 0 Å². The van der Waals surface area contributed by atoms with Gasteiger partial charge in [0.25, 0.3) is 11.5 Å². The third-order valence-corrected chi connectivity index (χ3v) is 4.79. The number of hydrogen-bond acceptors (Lipinski definition) is 5. The molecule has 122 valence electrons. The molecule has 0 saturated carbocycles. The predicted molar refractivity (Wildman–Crippen MR) is 95.5 cm³/mol. The van der Waals surface area contributed by atoms with Crippen molar-refractivity contribution < 1.29 is 4.79 Å². The number of carbonyl (C=O) groups is 1. The summed E-state index contributed by atoms with van der Waals surface area (Å²) in [6, 6.07) is 9.42. The molecule has 24 heavy (non-hydrogen) atoms. The van der Waals surface area contributed by atoms with Crippen molar-refractivity contribution in [2.45, 2.75) is 20.4 Å². The van der Waals surface area contributed by atoms with Crippen LogP contribution in [0.15, 0.2) is 46.6 Å². The Morgan fingerprint density at radius 3 is 2.83 bits per heavy atom. The second-order valence-corrected chi connectivity index (χ2v) is 6.55. The molecule has 6 nitrogen and oxygen atoms in total. The smallest absolute Gasteiger partial charge is 0.262 e. The number of aryl methyl sites for hydroxylation is 2. The highest BCUT2D eigenvalue weighted by molar-refractivity contribution is 7.18. The van der Waals surface area contributed by atoms with Crippen LogP contribution in [-0.4, -0.2) is 21.7 Å². The van der Waals surface area contributed by atoms with Crippen LogP contribution in [0.3, 0.4) is 0 Å². The maximum absolute atomic E-state index is 12.5. The summed E-state index contributed by atoms with van der Waals surface area (Å²) in [6.07, 6.45) is 2.95. The lowest BCUT2D eigenvalue weighted by Crippen LogP contribution is -2.30. The molecular formula is C17H16N4O2S. The van der Waals surface area contributed by atoms with Crippen LogP contribution >= 0.6 is 11.3 Å². The van der Waals surface area contributed by atoms with Crippen LogP contribution in [0, 0.1) is 13.8 Å². The number of carbonyl (C=O) groups excluding carboxylic acids is 1. The first-order valence-corrected chi connectivity index (χ1v) is 8.20. The van der Waals surface area contributed by atoms with E-state index in [1.54, 1.807) is 6.21 Å². The Morgan fingerprint density at radius 1 is 1.33 bits per heavy atom. The molecule has 2 aromatic heterocycles. The zero-order valence-electron chi connectivity index (χ0n) is 13.3. The quantitative estimate of drug-likeness (QED) is 0.584. The molecule has 0 unspecified atom stereocenters. The van der Waals surface area contributed by atoms with Crippen molar-refractivity contribution >= 4 is 33.7 Å². The molecule has 0 saturated heterocycles. The molecule has 3 aromatic rings. The molecule has 3 rings (SSSR count). The predicted octanol–water partition coefficient (Wildman–Crippen LogP) is 2.23. The highest BCUT2D eigenvalue weighted by atomic mass is 32.1. The zero-order chi connectivity index (χ0) is 17.1. The summed E-state index contributed by atoms with van der Waals surface area (Å²) in [4.78, 5) is 30.5. The van der Waals surface area contributed by atoms with Gasteiger partial charge < -0.3 is 0 Å². The molecule has 2 heterocycles. The number of fused-ring (bicyclic) bond motifs is 1. The third-order valence-electron chi connectivity index (χ3n) is 3.67. The summed E-state index contributed by atoms with van der Waals surface area (Å²) in [5.41, 5.74) is 4.01. The summed E-state index contributed by atoms with van der Waals surface area (Å²) < 4.78 is 1.30. The average molecular weight is 340 g/mol. The van der Waals surface area contributed by atoms with Gasteiger partial charge in [0.2, 0.25) is 0 Å². The molecule has 0 aliphatic rings. The molecule has 1 N–H and O–H groups in total. The maximum Gasteiger partial charge on any atom is 0.262 e. The van der Waals surface area contributed by atoms with Crippen LogP contribution in [0.5, 0.6) is 0 Å². The van der Waals surface area contributed by atoms with Crippen LogP contribution in [0.25, 0.3) is 10.2 Å². The summed E-state index contributed by atoms with van der Waals surface area (Å²) in [6.45, 7) is 3.73. The van der Waals surface area contributed by atoms with Crippen molar-refractivity contribution in [2.24, 2.45) is 5.10 Å². The first kappa shape index (κ1) is 16.1. The summed E-state index contributed by atoms with van der Waals surface area (Å²) in [7, 11) is 0. The molecular weight excluding hydrogens is 324 g/mol. The van der Waals surface area contributed by atoms with E-state index in [2.05, 4.69) is 15.5 Å². The highest BCUT2D eigenvalue weighted by Gasteiger charge is 2.13. The second kappa shape index (κ2) is 6.76. The Labute approximate surface area is 142 Å². The Hall–Kier alpha value is -2.80. The number of thiophene rings is 1. The Bertz CT molecular complexity index is 973. The number of nitrogens with zero attached hydrogens (tertiary/aromatic N) is 3. The number of benzene rings is 1. The molecule has 0 atom stereocenters. The van der Waals surface area contributed by atoms with Gasteiger partial charge in [0, 0.05) is 4.88 Å². The second-order valence-electron chi connectivity index (χ2n) is 5.34. The van der Waals surface area contributed by atoms with Gasteiger partial charge in [0.1, 0.15) is 11.4 Å². The fraction of sp³-hybridized carbons (Fsp3) is 0.176. The van der Waals surface area contributed by atoms with Gasteiger partial charge in [-0.1, -0.05) is 30.3 Å². The first-order valence-electron chi connectivity index (χ1n) is 7.38. The monoisotopic (exact) mass is 340 g/mol. The minimum Gasteiger partial charge on any atom is -0.289 e. The van der Waals surface area contributed by atoms with Crippen LogP contribution in [0.4, 0.5) is 0 Å². The Morgan fingerprint density at radius 2 is 2.08 bits per heavy atom. The minimum absolute atomic E-state index is 0.123. The molecule has 0 radical (unpaired) electrons. The van der Waals surface area contributed by atoms with E-state index in [1.165, 1.54) is 22.2 Å². The van der Waals surface area contributed by atoms with Crippen molar-refractivity contribution in [3.05, 3.63) is 63.0 Å². The van der Waals surface area contributed by atoms with Crippen molar-refractivity contribution in [1.29, 1.82) is 0 Å². The lowest BCUT2D eigenvalue weighted by molar-refractivity contribution is -0.121. The van der Waals surface area contributed by atoms with Crippen LogP contribution in [0.1, 0.15) is 16.0 Å². The van der Waals surface area contributed by atoms with Crippen molar-refractivity contribution in [1.82, 2.24) is 15.0 Å². The summed E-state index contributed by atoms with van der Waals surface area (Å²) in [5.74, 6) is -0.380. The van der Waals surface area contributed by atoms with Gasteiger partial charge in [0.05, 0.1) is 17.9 Å². The molecule has 0 fully saturated rings. The highest BCUT2D eigenvalue weighted by Crippen LogP contribution is 2.25. The van der Waals surface area contributed by atoms with Gasteiger partial charge in [0.15, 0.2) is 0 Å². The zero-order valence-corrected chi connectivity index (χ0v) is 14.1. The van der Waals surface area contributed by atoms with E-state index >= 15 is 0 Å². The summed E-state index contributed by atoms with van der Waals surface area (Å²) >= 11 is 1.48. The normalized spacial score (nSPS) is 11.2. The maximum atomic E-state index is 12.5. The van der Waals surface area contributed by atoms with Crippen LogP contribution in [-0.2, 0) is 11.3 Å². The van der Waals surface area contributed by atoms with Gasteiger partial charge in [-0.25, -0.2) is 10.4 Å². The molecule has 0 spiro atoms. The van der Waals surface area contributed by atoms with Gasteiger partial charge in [-0.05, 0) is 25.0 Å². The Kier molecular flexibility index (Phi) is 4.52. The fourth-order valence-electron chi connectivity index (χ4n) is 2.29. The van der Waals surface area contributed by atoms with E-state index in [0.717, 1.165) is 16.0 Å². The number of rotatable bonds is 4. The molecule has 0 aliphatic carbocycles. The Balaban J connectivity index is 1.74. The molecule has 1 amide bonds. The van der Waals surface area contributed by atoms with Gasteiger partial charge in [-0.3, -0.25) is 14.2 Å². The van der Waals surface area contributed by atoms with E-state index in [0.29, 0.717) is 10.2 Å². The van der Waals surface area contributed by atoms with E-state index in [9.17, 15) is 9.59 Å². The van der Waals surface area contributed by atoms with Gasteiger partial charge in [-0.15, -0.1) is 11.3 Å². The molecule has 7 heteroatoms. The average Bonchev–Trinajstić information content (AvgIpc) is 2.86. The number of nitrogens with one attached hydrogen (secondary N) is 1. The lowest BCUT2D eigenvalue weighted by Gasteiger charge is -2.04. The van der Waals surface area contributed by atoms with Gasteiger partial charge in [-0.2, -0.15) is 5.10 Å². The topological polar surface area (TPSA) is 76.3 Å². The van der Waals surface area contributed by atoms with Gasteiger partial charge >= 0.3 is 0 Å². The standard InChI is InChI=1S/C17H16N4O2S/c1-11-12(2)24-16-15(11)17(23)21(10-18-16)9-14(22)20-19-8-13-6-4-3-5-7-13/h3-8,10H,9H2,1-2H3,(H,20,22)/b19-8-. The van der Waals surface area contributed by atoms with E-state index in [-0.39, 0.29) is 18.0 Å². The number of aromatic nitrogens is 2. The van der Waals surface area contributed by atoms with Crippen molar-refractivity contribution in [3.63, 3.8) is 0 Å². The fourth-order valence-corrected chi connectivity index (χ4v) is 3.28. The SMILES string of the molecule is Cc1sc2ncn(CC(=O)N/N=C\c3ccccc3)c(=O)c2c1C. The molecule has 0 bridgehead atoms. The molecule has 1 aromatic carbocycles. The van der Waals surface area contributed by atoms with E-state index in [4.69, 9.17) is 0 Å². The lowest BCUT2D eigenvalue weighted by atomic mass is 10.2. The number of hydrazone groups is 1. The number of hydrogen-bond donors (Lipinski definition) is 1. The van der Waals surface area contributed by atoms with Crippen LogP contribution in [0.2, 0.25) is 0 Å². The van der Waals surface area contributed by atoms with E-state index < -0.39 is 0 Å². The first-order chi connectivity index (χ1) is 11.6. The van der Waals surface area contributed by atoms with Crippen LogP contribution < -0.4 is 11.0 Å². The summed E-state index contributed by atoms with van der Waals surface area (Å²) in [5, 5.41) is 4.48.